The van der Waals surface area contributed by atoms with E-state index in [1.165, 1.54) is 11.3 Å². The van der Waals surface area contributed by atoms with Crippen LogP contribution in [0.3, 0.4) is 0 Å². The van der Waals surface area contributed by atoms with Gasteiger partial charge in [0.05, 0.1) is 18.2 Å². The first-order chi connectivity index (χ1) is 9.63. The fraction of sp³-hybridized carbons (Fsp3) is 0.538. The van der Waals surface area contributed by atoms with Gasteiger partial charge in [0.1, 0.15) is 10.9 Å². The Morgan fingerprint density at radius 1 is 1.50 bits per heavy atom. The van der Waals surface area contributed by atoms with Crippen LogP contribution in [0.4, 0.5) is 0 Å². The molecule has 2 amide bonds. The largest absolute Gasteiger partial charge is 0.378 e. The summed E-state index contributed by atoms with van der Waals surface area (Å²) in [5.74, 6) is -0.352. The number of carbonyl (C=O) groups excluding carboxylic acids is 2. The van der Waals surface area contributed by atoms with E-state index in [2.05, 4.69) is 5.32 Å². The Labute approximate surface area is 126 Å². The molecule has 1 fully saturated rings. The van der Waals surface area contributed by atoms with Gasteiger partial charge in [0.25, 0.3) is 5.91 Å². The summed E-state index contributed by atoms with van der Waals surface area (Å²) in [5.41, 5.74) is 0. The predicted octanol–water partition coefficient (Wildman–Crippen LogP) is 1.77. The summed E-state index contributed by atoms with van der Waals surface area (Å²) in [6, 6.07) is 1.16. The lowest BCUT2D eigenvalue weighted by Gasteiger charge is -2.30. The molecular weight excluding hydrogens is 300 g/mol. The molecule has 1 aromatic heterocycles. The van der Waals surface area contributed by atoms with E-state index in [0.717, 1.165) is 0 Å². The van der Waals surface area contributed by atoms with Gasteiger partial charge in [-0.25, -0.2) is 0 Å². The summed E-state index contributed by atoms with van der Waals surface area (Å²) in [6.07, 6.45) is 0.547. The van der Waals surface area contributed by atoms with Gasteiger partial charge in [-0.1, -0.05) is 18.5 Å². The van der Waals surface area contributed by atoms with E-state index >= 15 is 0 Å². The van der Waals surface area contributed by atoms with Crippen LogP contribution >= 0.6 is 22.9 Å². The summed E-state index contributed by atoms with van der Waals surface area (Å²) in [7, 11) is 0. The maximum atomic E-state index is 12.3. The van der Waals surface area contributed by atoms with E-state index in [1.54, 1.807) is 16.3 Å². The van der Waals surface area contributed by atoms with E-state index in [9.17, 15) is 9.59 Å². The molecule has 1 aliphatic rings. The highest BCUT2D eigenvalue weighted by atomic mass is 35.5. The van der Waals surface area contributed by atoms with E-state index in [-0.39, 0.29) is 11.8 Å². The summed E-state index contributed by atoms with van der Waals surface area (Å²) < 4.78 is 5.22. The van der Waals surface area contributed by atoms with Crippen LogP contribution < -0.4 is 5.32 Å². The smallest absolute Gasteiger partial charge is 0.263 e. The maximum absolute atomic E-state index is 12.3. The van der Waals surface area contributed by atoms with Crippen LogP contribution in [0.1, 0.15) is 23.0 Å². The summed E-state index contributed by atoms with van der Waals surface area (Å²) >= 11 is 7.20. The van der Waals surface area contributed by atoms with E-state index < -0.39 is 6.04 Å². The van der Waals surface area contributed by atoms with Crippen molar-refractivity contribution in [3.8, 4) is 0 Å². The topological polar surface area (TPSA) is 58.6 Å². The van der Waals surface area contributed by atoms with Gasteiger partial charge in [-0.05, 0) is 17.9 Å². The number of thiophene rings is 1. The minimum absolute atomic E-state index is 0.0585. The third-order valence-electron chi connectivity index (χ3n) is 3.16. The lowest BCUT2D eigenvalue weighted by atomic mass is 10.2. The molecule has 20 heavy (non-hydrogen) atoms. The van der Waals surface area contributed by atoms with Gasteiger partial charge in [-0.15, -0.1) is 11.3 Å². The molecule has 0 saturated carbocycles. The standard InChI is InChI=1S/C13H17ClN2O3S/c1-2-10(13(18)16-4-6-19-7-5-16)15-12(17)11-9(14)3-8-20-11/h3,8,10H,2,4-7H2,1H3,(H,15,17). The zero-order valence-electron chi connectivity index (χ0n) is 11.2. The van der Waals surface area contributed by atoms with Gasteiger partial charge in [0, 0.05) is 13.1 Å². The number of rotatable bonds is 4. The fourth-order valence-electron chi connectivity index (χ4n) is 2.02. The third-order valence-corrected chi connectivity index (χ3v) is 4.50. The number of carbonyl (C=O) groups is 2. The summed E-state index contributed by atoms with van der Waals surface area (Å²) in [6.45, 7) is 4.12. The van der Waals surface area contributed by atoms with Gasteiger partial charge in [0.15, 0.2) is 0 Å². The zero-order valence-corrected chi connectivity index (χ0v) is 12.8. The van der Waals surface area contributed by atoms with Gasteiger partial charge in [-0.2, -0.15) is 0 Å². The van der Waals surface area contributed by atoms with Gasteiger partial charge in [0.2, 0.25) is 5.91 Å². The van der Waals surface area contributed by atoms with Crippen LogP contribution in [0.2, 0.25) is 5.02 Å². The molecule has 0 spiro atoms. The molecule has 1 unspecified atom stereocenters. The normalized spacial score (nSPS) is 16.8. The Morgan fingerprint density at radius 3 is 2.75 bits per heavy atom. The second-order valence-corrected chi connectivity index (χ2v) is 5.79. The number of halogens is 1. The van der Waals surface area contributed by atoms with E-state index in [4.69, 9.17) is 16.3 Å². The van der Waals surface area contributed by atoms with Crippen LogP contribution in [0.5, 0.6) is 0 Å². The molecule has 1 atom stereocenters. The van der Waals surface area contributed by atoms with Crippen molar-refractivity contribution in [2.24, 2.45) is 0 Å². The van der Waals surface area contributed by atoms with Crippen LogP contribution in [0, 0.1) is 0 Å². The highest BCUT2D eigenvalue weighted by Crippen LogP contribution is 2.22. The average molecular weight is 317 g/mol. The van der Waals surface area contributed by atoms with Crippen molar-refractivity contribution < 1.29 is 14.3 Å². The zero-order chi connectivity index (χ0) is 14.5. The van der Waals surface area contributed by atoms with Gasteiger partial charge < -0.3 is 15.0 Å². The number of hydrogen-bond acceptors (Lipinski definition) is 4. The SMILES string of the molecule is CCC(NC(=O)c1sccc1Cl)C(=O)N1CCOCC1. The number of nitrogens with one attached hydrogen (secondary N) is 1. The van der Waals surface area contributed by atoms with E-state index in [1.807, 2.05) is 6.92 Å². The highest BCUT2D eigenvalue weighted by molar-refractivity contribution is 7.12. The minimum Gasteiger partial charge on any atom is -0.378 e. The molecule has 110 valence electrons. The van der Waals surface area contributed by atoms with Crippen molar-refractivity contribution in [3.05, 3.63) is 21.3 Å². The highest BCUT2D eigenvalue weighted by Gasteiger charge is 2.26. The average Bonchev–Trinajstić information content (AvgIpc) is 2.91. The first-order valence-electron chi connectivity index (χ1n) is 6.54. The van der Waals surface area contributed by atoms with Gasteiger partial charge >= 0.3 is 0 Å². The van der Waals surface area contributed by atoms with Gasteiger partial charge in [-0.3, -0.25) is 9.59 Å². The molecule has 2 heterocycles. The van der Waals surface area contributed by atoms with E-state index in [0.29, 0.717) is 42.6 Å². The summed E-state index contributed by atoms with van der Waals surface area (Å²) in [5, 5.41) is 4.93. The van der Waals surface area contributed by atoms with Crippen molar-refractivity contribution in [2.45, 2.75) is 19.4 Å². The monoisotopic (exact) mass is 316 g/mol. The number of nitrogens with zero attached hydrogens (tertiary/aromatic N) is 1. The first-order valence-corrected chi connectivity index (χ1v) is 7.79. The molecule has 0 aromatic carbocycles. The van der Waals surface area contributed by atoms with Crippen LogP contribution in [-0.4, -0.2) is 49.1 Å². The molecule has 0 aliphatic carbocycles. The molecule has 1 N–H and O–H groups in total. The van der Waals surface area contributed by atoms with Crippen molar-refractivity contribution in [1.82, 2.24) is 10.2 Å². The maximum Gasteiger partial charge on any atom is 0.263 e. The van der Waals surface area contributed by atoms with Crippen molar-refractivity contribution in [3.63, 3.8) is 0 Å². The number of ether oxygens (including phenoxy) is 1. The Morgan fingerprint density at radius 2 is 2.20 bits per heavy atom. The Kier molecular flexibility index (Phi) is 5.39. The second kappa shape index (κ2) is 7.06. The summed E-state index contributed by atoms with van der Waals surface area (Å²) in [4.78, 5) is 26.6. The molecule has 0 bridgehead atoms. The predicted molar refractivity (Wildman–Crippen MR) is 78.3 cm³/mol. The fourth-order valence-corrected chi connectivity index (χ4v) is 3.07. The molecule has 1 aliphatic heterocycles. The molecule has 1 aromatic rings. The van der Waals surface area contributed by atoms with Crippen LogP contribution in [-0.2, 0) is 9.53 Å². The molecule has 0 radical (unpaired) electrons. The lowest BCUT2D eigenvalue weighted by Crippen LogP contribution is -2.51. The third kappa shape index (κ3) is 3.50. The molecule has 5 nitrogen and oxygen atoms in total. The number of morpholine rings is 1. The van der Waals surface area contributed by atoms with Crippen molar-refractivity contribution >= 4 is 34.8 Å². The van der Waals surface area contributed by atoms with Crippen LogP contribution in [0.25, 0.3) is 0 Å². The van der Waals surface area contributed by atoms with Crippen LogP contribution in [0.15, 0.2) is 11.4 Å². The van der Waals surface area contributed by atoms with Crippen molar-refractivity contribution in [2.75, 3.05) is 26.3 Å². The lowest BCUT2D eigenvalue weighted by molar-refractivity contribution is -0.137. The Hall–Kier alpha value is -1.11. The molecule has 2 rings (SSSR count). The molecular formula is C13H17ClN2O3S. The first kappa shape index (κ1) is 15.3. The number of hydrogen-bond donors (Lipinski definition) is 1. The molecule has 1 saturated heterocycles. The number of amides is 2. The Bertz CT molecular complexity index is 486. The van der Waals surface area contributed by atoms with Crippen molar-refractivity contribution in [1.29, 1.82) is 0 Å². The minimum atomic E-state index is -0.515. The molecule has 7 heteroatoms. The Balaban J connectivity index is 1.99. The second-order valence-electron chi connectivity index (χ2n) is 4.47. The quantitative estimate of drug-likeness (QED) is 0.921.